The molecule has 0 amide bonds. The lowest BCUT2D eigenvalue weighted by molar-refractivity contribution is 0.666. The van der Waals surface area contributed by atoms with Gasteiger partial charge in [0.15, 0.2) is 0 Å². The van der Waals surface area contributed by atoms with Crippen molar-refractivity contribution in [1.82, 2.24) is 0 Å². The average molecular weight is 638 g/mol. The van der Waals surface area contributed by atoms with Gasteiger partial charge in [-0.05, 0) is 152 Å². The molecule has 0 spiro atoms. The molecule has 2 unspecified atom stereocenters. The van der Waals surface area contributed by atoms with Gasteiger partial charge in [-0.15, -0.1) is 0 Å². The first kappa shape index (κ1) is 32.4. The third kappa shape index (κ3) is 6.04. The van der Waals surface area contributed by atoms with Crippen molar-refractivity contribution in [2.24, 2.45) is 5.92 Å². The van der Waals surface area contributed by atoms with E-state index in [1.54, 1.807) is 0 Å². The van der Waals surface area contributed by atoms with Crippen molar-refractivity contribution in [3.8, 4) is 0 Å². The zero-order valence-electron chi connectivity index (χ0n) is 30.2. The molecule has 5 aromatic carbocycles. The first-order valence-electron chi connectivity index (χ1n) is 17.6. The standard InChI is InChI=1S/C48H47N/c1-30-17-21-38(25-34(30)5)46(39-22-18-31(2)35(6)26-39)29-47-42-13-9-11-15-44(42)48(45-16-12-10-14-43(45)47)49(40-23-19-32(3)36(7)27-40)41-24-20-33(4)37(8)28-41/h9-29,42,47H,1-8H3. The molecule has 2 aliphatic rings. The smallest absolute Gasteiger partial charge is 0.0575 e. The molecule has 0 aromatic heterocycles. The number of nitrogens with zero attached hydrogens (tertiary/aromatic N) is 1. The van der Waals surface area contributed by atoms with Crippen LogP contribution < -0.4 is 4.90 Å². The monoisotopic (exact) mass is 637 g/mol. The summed E-state index contributed by atoms with van der Waals surface area (Å²) >= 11 is 0. The molecule has 0 saturated heterocycles. The Morgan fingerprint density at radius 1 is 0.531 bits per heavy atom. The zero-order chi connectivity index (χ0) is 34.4. The fraction of sp³-hybridized carbons (Fsp3) is 0.208. The van der Waals surface area contributed by atoms with Gasteiger partial charge < -0.3 is 4.90 Å². The first-order valence-corrected chi connectivity index (χ1v) is 17.6. The number of benzene rings is 5. The SMILES string of the molecule is Cc1ccc(C(=CC2c3ccccc3C(N(c3ccc(C)c(C)c3)c3ccc(C)c(C)c3)=C3C=CC=CC32)c2ccc(C)c(C)c2)cc1C. The Bertz CT molecular complexity index is 2110. The van der Waals surface area contributed by atoms with E-state index in [1.807, 2.05) is 0 Å². The first-order chi connectivity index (χ1) is 23.6. The van der Waals surface area contributed by atoms with Crippen LogP contribution in [0.4, 0.5) is 11.4 Å². The molecule has 0 aliphatic heterocycles. The van der Waals surface area contributed by atoms with Gasteiger partial charge in [-0.25, -0.2) is 0 Å². The molecular formula is C48H47N. The third-order valence-corrected chi connectivity index (χ3v) is 11.0. The third-order valence-electron chi connectivity index (χ3n) is 11.0. The topological polar surface area (TPSA) is 3.24 Å². The Balaban J connectivity index is 1.50. The van der Waals surface area contributed by atoms with Crippen LogP contribution in [0.25, 0.3) is 11.3 Å². The van der Waals surface area contributed by atoms with Crippen molar-refractivity contribution in [1.29, 1.82) is 0 Å². The average Bonchev–Trinajstić information content (AvgIpc) is 3.10. The van der Waals surface area contributed by atoms with Crippen molar-refractivity contribution in [2.75, 3.05) is 4.90 Å². The maximum atomic E-state index is 2.56. The van der Waals surface area contributed by atoms with Gasteiger partial charge in [-0.3, -0.25) is 0 Å². The second kappa shape index (κ2) is 13.1. The number of hydrogen-bond donors (Lipinski definition) is 0. The highest BCUT2D eigenvalue weighted by molar-refractivity contribution is 5.94. The maximum absolute atomic E-state index is 2.56. The van der Waals surface area contributed by atoms with Crippen LogP contribution in [0.2, 0.25) is 0 Å². The molecule has 1 heteroatoms. The molecule has 0 radical (unpaired) electrons. The Kier molecular flexibility index (Phi) is 8.63. The molecule has 0 N–H and O–H groups in total. The lowest BCUT2D eigenvalue weighted by atomic mass is 9.70. The van der Waals surface area contributed by atoms with Gasteiger partial charge in [0.05, 0.1) is 5.70 Å². The van der Waals surface area contributed by atoms with Crippen LogP contribution in [-0.4, -0.2) is 0 Å². The van der Waals surface area contributed by atoms with E-state index in [9.17, 15) is 0 Å². The lowest BCUT2D eigenvalue weighted by Gasteiger charge is -2.40. The Morgan fingerprint density at radius 3 is 1.57 bits per heavy atom. The van der Waals surface area contributed by atoms with Gasteiger partial charge in [0.2, 0.25) is 0 Å². The van der Waals surface area contributed by atoms with Gasteiger partial charge >= 0.3 is 0 Å². The van der Waals surface area contributed by atoms with E-state index in [4.69, 9.17) is 0 Å². The minimum atomic E-state index is 0.149. The summed E-state index contributed by atoms with van der Waals surface area (Å²) in [5.41, 5.74) is 21.9. The minimum Gasteiger partial charge on any atom is -0.310 e. The summed E-state index contributed by atoms with van der Waals surface area (Å²) in [6.45, 7) is 17.7. The number of anilines is 2. The van der Waals surface area contributed by atoms with Gasteiger partial charge in [-0.2, -0.15) is 0 Å². The summed E-state index contributed by atoms with van der Waals surface area (Å²) in [5, 5.41) is 0. The van der Waals surface area contributed by atoms with Crippen LogP contribution in [0, 0.1) is 61.3 Å². The Labute approximate surface area is 293 Å². The molecule has 5 aromatic rings. The molecule has 0 bridgehead atoms. The zero-order valence-corrected chi connectivity index (χ0v) is 30.2. The molecular weight excluding hydrogens is 591 g/mol. The highest BCUT2D eigenvalue weighted by atomic mass is 15.2. The van der Waals surface area contributed by atoms with Gasteiger partial charge in [0, 0.05) is 28.8 Å². The molecule has 49 heavy (non-hydrogen) atoms. The Morgan fingerprint density at radius 2 is 1.04 bits per heavy atom. The quantitative estimate of drug-likeness (QED) is 0.179. The number of hydrogen-bond acceptors (Lipinski definition) is 1. The molecule has 2 aliphatic carbocycles. The summed E-state index contributed by atoms with van der Waals surface area (Å²) in [6, 6.07) is 36.8. The fourth-order valence-corrected chi connectivity index (χ4v) is 7.40. The summed E-state index contributed by atoms with van der Waals surface area (Å²) in [7, 11) is 0. The maximum Gasteiger partial charge on any atom is 0.0575 e. The number of allylic oxidation sites excluding steroid dienone is 6. The van der Waals surface area contributed by atoms with Crippen LogP contribution in [0.1, 0.15) is 72.7 Å². The van der Waals surface area contributed by atoms with Crippen LogP contribution in [0.5, 0.6) is 0 Å². The van der Waals surface area contributed by atoms with E-state index < -0.39 is 0 Å². The molecule has 0 heterocycles. The predicted octanol–water partition coefficient (Wildman–Crippen LogP) is 12.7. The summed E-state index contributed by atoms with van der Waals surface area (Å²) in [4.78, 5) is 2.51. The van der Waals surface area contributed by atoms with Gasteiger partial charge in [0.25, 0.3) is 0 Å². The molecule has 244 valence electrons. The minimum absolute atomic E-state index is 0.149. The van der Waals surface area contributed by atoms with Crippen LogP contribution in [-0.2, 0) is 0 Å². The van der Waals surface area contributed by atoms with E-state index in [-0.39, 0.29) is 11.8 Å². The van der Waals surface area contributed by atoms with Crippen molar-refractivity contribution < 1.29 is 0 Å². The summed E-state index contributed by atoms with van der Waals surface area (Å²) < 4.78 is 0. The van der Waals surface area contributed by atoms with Crippen molar-refractivity contribution in [2.45, 2.75) is 61.3 Å². The lowest BCUT2D eigenvalue weighted by Crippen LogP contribution is -2.27. The van der Waals surface area contributed by atoms with Crippen molar-refractivity contribution in [3.63, 3.8) is 0 Å². The highest BCUT2D eigenvalue weighted by Crippen LogP contribution is 2.51. The molecule has 7 rings (SSSR count). The molecule has 2 atom stereocenters. The summed E-state index contributed by atoms with van der Waals surface area (Å²) in [5.74, 6) is 0.319. The van der Waals surface area contributed by atoms with Gasteiger partial charge in [0.1, 0.15) is 0 Å². The fourth-order valence-electron chi connectivity index (χ4n) is 7.40. The molecule has 0 fully saturated rings. The molecule has 0 saturated carbocycles. The largest absolute Gasteiger partial charge is 0.310 e. The molecule has 1 nitrogen and oxygen atoms in total. The van der Waals surface area contributed by atoms with Crippen LogP contribution in [0.15, 0.2) is 133 Å². The highest BCUT2D eigenvalue weighted by Gasteiger charge is 2.36. The van der Waals surface area contributed by atoms with Crippen LogP contribution >= 0.6 is 0 Å². The van der Waals surface area contributed by atoms with Crippen molar-refractivity contribution >= 4 is 22.6 Å². The number of aryl methyl sites for hydroxylation is 8. The van der Waals surface area contributed by atoms with E-state index in [0.29, 0.717) is 0 Å². The van der Waals surface area contributed by atoms with E-state index in [0.717, 1.165) is 0 Å². The second-order valence-electron chi connectivity index (χ2n) is 14.2. The van der Waals surface area contributed by atoms with E-state index >= 15 is 0 Å². The number of fused-ring (bicyclic) bond motifs is 2. The second-order valence-corrected chi connectivity index (χ2v) is 14.2. The summed E-state index contributed by atoms with van der Waals surface area (Å²) in [6.07, 6.45) is 11.8. The van der Waals surface area contributed by atoms with E-state index in [1.165, 1.54) is 95.0 Å². The van der Waals surface area contributed by atoms with Crippen molar-refractivity contribution in [3.05, 3.63) is 200 Å². The number of rotatable bonds is 6. The van der Waals surface area contributed by atoms with Crippen LogP contribution in [0.3, 0.4) is 0 Å². The van der Waals surface area contributed by atoms with Gasteiger partial charge in [-0.1, -0.05) is 103 Å². The Hall–Kier alpha value is -5.14. The normalized spacial score (nSPS) is 16.3. The predicted molar refractivity (Wildman–Crippen MR) is 211 cm³/mol. The van der Waals surface area contributed by atoms with E-state index in [2.05, 4.69) is 188 Å².